The van der Waals surface area contributed by atoms with E-state index in [0.717, 1.165) is 29.2 Å². The van der Waals surface area contributed by atoms with Crippen molar-refractivity contribution in [2.75, 3.05) is 7.11 Å². The molecular weight excluding hydrogens is 328 g/mol. The smallest absolute Gasteiger partial charge is 0.270 e. The van der Waals surface area contributed by atoms with E-state index in [4.69, 9.17) is 4.74 Å². The Morgan fingerprint density at radius 2 is 2.00 bits per heavy atom. The fourth-order valence-electron chi connectivity index (χ4n) is 2.72. The first kappa shape index (κ1) is 17.8. The number of aryl methyl sites for hydroxylation is 1. The number of amides is 1. The minimum absolute atomic E-state index is 0.0974. The number of methoxy groups -OCH3 is 1. The van der Waals surface area contributed by atoms with E-state index < -0.39 is 0 Å². The van der Waals surface area contributed by atoms with Gasteiger partial charge in [0.1, 0.15) is 17.1 Å². The van der Waals surface area contributed by atoms with Crippen LogP contribution < -0.4 is 10.1 Å². The lowest BCUT2D eigenvalue weighted by atomic mass is 10.2. The molecule has 1 aromatic carbocycles. The van der Waals surface area contributed by atoms with Crippen molar-refractivity contribution in [1.29, 1.82) is 0 Å². The summed E-state index contributed by atoms with van der Waals surface area (Å²) in [5.41, 5.74) is 3.02. The van der Waals surface area contributed by atoms with Gasteiger partial charge in [0.25, 0.3) is 5.91 Å². The second-order valence-electron chi connectivity index (χ2n) is 6.31. The Hall–Kier alpha value is -3.02. The van der Waals surface area contributed by atoms with Crippen LogP contribution in [0.4, 0.5) is 0 Å². The van der Waals surface area contributed by atoms with Crippen LogP contribution in [-0.4, -0.2) is 33.4 Å². The molecule has 0 saturated heterocycles. The predicted octanol–water partition coefficient (Wildman–Crippen LogP) is 3.41. The van der Waals surface area contributed by atoms with E-state index in [1.807, 2.05) is 74.1 Å². The van der Waals surface area contributed by atoms with Crippen molar-refractivity contribution in [3.63, 3.8) is 0 Å². The van der Waals surface area contributed by atoms with Crippen LogP contribution in [0.25, 0.3) is 17.1 Å². The number of rotatable bonds is 6. The summed E-state index contributed by atoms with van der Waals surface area (Å²) in [4.78, 5) is 12.8. The fourth-order valence-corrected chi connectivity index (χ4v) is 2.72. The number of nitrogens with zero attached hydrogens (tertiary/aromatic N) is 3. The van der Waals surface area contributed by atoms with Crippen LogP contribution in [0.2, 0.25) is 0 Å². The maximum Gasteiger partial charge on any atom is 0.270 e. The van der Waals surface area contributed by atoms with Gasteiger partial charge in [0, 0.05) is 19.3 Å². The zero-order valence-electron chi connectivity index (χ0n) is 15.6. The van der Waals surface area contributed by atoms with E-state index >= 15 is 0 Å². The zero-order chi connectivity index (χ0) is 18.7. The summed E-state index contributed by atoms with van der Waals surface area (Å²) in [5.74, 6) is 0.622. The van der Waals surface area contributed by atoms with Crippen LogP contribution >= 0.6 is 0 Å². The molecule has 0 bridgehead atoms. The van der Waals surface area contributed by atoms with Crippen molar-refractivity contribution in [3.8, 4) is 22.8 Å². The van der Waals surface area contributed by atoms with Crippen LogP contribution in [0, 0.1) is 0 Å². The van der Waals surface area contributed by atoms with E-state index in [0.29, 0.717) is 5.69 Å². The van der Waals surface area contributed by atoms with E-state index in [1.54, 1.807) is 11.8 Å². The second-order valence-corrected chi connectivity index (χ2v) is 6.31. The molecule has 3 rings (SSSR count). The molecule has 6 nitrogen and oxygen atoms in total. The van der Waals surface area contributed by atoms with Crippen LogP contribution in [0.15, 0.2) is 48.7 Å². The standard InChI is InChI=1S/C20H24N4O2/c1-5-14(2)21-20(25)19-13-17(18-7-6-12-23(18)3)22-24(19)15-8-10-16(26-4)11-9-15/h6-14H,5H2,1-4H3,(H,21,25). The third-order valence-corrected chi connectivity index (χ3v) is 4.46. The lowest BCUT2D eigenvalue weighted by Crippen LogP contribution is -2.33. The molecule has 0 radical (unpaired) electrons. The number of hydrogen-bond acceptors (Lipinski definition) is 3. The van der Waals surface area contributed by atoms with Crippen molar-refractivity contribution < 1.29 is 9.53 Å². The Bertz CT molecular complexity index is 893. The minimum Gasteiger partial charge on any atom is -0.497 e. The van der Waals surface area contributed by atoms with E-state index in [9.17, 15) is 4.79 Å². The zero-order valence-corrected chi connectivity index (χ0v) is 15.6. The Labute approximate surface area is 153 Å². The molecule has 0 aliphatic rings. The van der Waals surface area contributed by atoms with Gasteiger partial charge in [0.2, 0.25) is 0 Å². The van der Waals surface area contributed by atoms with Crippen LogP contribution in [0.3, 0.4) is 0 Å². The molecular formula is C20H24N4O2. The first-order valence-electron chi connectivity index (χ1n) is 8.70. The Morgan fingerprint density at radius 3 is 2.58 bits per heavy atom. The van der Waals surface area contributed by atoms with Crippen molar-refractivity contribution in [2.24, 2.45) is 7.05 Å². The van der Waals surface area contributed by atoms with Crippen molar-refractivity contribution in [1.82, 2.24) is 19.7 Å². The molecule has 2 heterocycles. The third kappa shape index (κ3) is 3.49. The largest absolute Gasteiger partial charge is 0.497 e. The van der Waals surface area contributed by atoms with Gasteiger partial charge in [-0.25, -0.2) is 4.68 Å². The summed E-state index contributed by atoms with van der Waals surface area (Å²) < 4.78 is 8.88. The second kappa shape index (κ2) is 7.47. The van der Waals surface area contributed by atoms with Crippen molar-refractivity contribution in [2.45, 2.75) is 26.3 Å². The maximum absolute atomic E-state index is 12.8. The van der Waals surface area contributed by atoms with Gasteiger partial charge in [0.05, 0.1) is 18.5 Å². The lowest BCUT2D eigenvalue weighted by Gasteiger charge is -2.12. The molecule has 136 valence electrons. The van der Waals surface area contributed by atoms with E-state index in [2.05, 4.69) is 10.4 Å². The summed E-state index contributed by atoms with van der Waals surface area (Å²) in [6.45, 7) is 4.03. The predicted molar refractivity (Wildman–Crippen MR) is 102 cm³/mol. The summed E-state index contributed by atoms with van der Waals surface area (Å²) >= 11 is 0. The van der Waals surface area contributed by atoms with Gasteiger partial charge in [0.15, 0.2) is 0 Å². The summed E-state index contributed by atoms with van der Waals surface area (Å²) in [6.07, 6.45) is 2.83. The first-order chi connectivity index (χ1) is 12.5. The normalized spacial score (nSPS) is 12.0. The van der Waals surface area contributed by atoms with Crippen molar-refractivity contribution >= 4 is 5.91 Å². The van der Waals surface area contributed by atoms with Gasteiger partial charge in [-0.05, 0) is 55.8 Å². The molecule has 6 heteroatoms. The number of carbonyl (C=O) groups is 1. The fraction of sp³-hybridized carbons (Fsp3) is 0.300. The summed E-state index contributed by atoms with van der Waals surface area (Å²) in [7, 11) is 3.59. The Balaban J connectivity index is 2.06. The molecule has 0 aliphatic heterocycles. The van der Waals surface area contributed by atoms with Gasteiger partial charge < -0.3 is 14.6 Å². The van der Waals surface area contributed by atoms with Crippen LogP contribution in [0.5, 0.6) is 5.75 Å². The third-order valence-electron chi connectivity index (χ3n) is 4.46. The molecule has 26 heavy (non-hydrogen) atoms. The number of aromatic nitrogens is 3. The molecule has 1 unspecified atom stereocenters. The highest BCUT2D eigenvalue weighted by atomic mass is 16.5. The highest BCUT2D eigenvalue weighted by Crippen LogP contribution is 2.23. The molecule has 0 aliphatic carbocycles. The van der Waals surface area contributed by atoms with Crippen LogP contribution in [0.1, 0.15) is 30.8 Å². The molecule has 0 saturated carbocycles. The number of nitrogens with one attached hydrogen (secondary N) is 1. The highest BCUT2D eigenvalue weighted by molar-refractivity contribution is 5.94. The van der Waals surface area contributed by atoms with Gasteiger partial charge in [-0.15, -0.1) is 0 Å². The van der Waals surface area contributed by atoms with Gasteiger partial charge in [-0.3, -0.25) is 4.79 Å². The SMILES string of the molecule is CCC(C)NC(=O)c1cc(-c2cccn2C)nn1-c1ccc(OC)cc1. The Kier molecular flexibility index (Phi) is 5.11. The molecule has 1 amide bonds. The van der Waals surface area contributed by atoms with Gasteiger partial charge in [-0.1, -0.05) is 6.92 Å². The van der Waals surface area contributed by atoms with E-state index in [-0.39, 0.29) is 11.9 Å². The minimum atomic E-state index is -0.136. The molecule has 0 spiro atoms. The van der Waals surface area contributed by atoms with E-state index in [1.165, 1.54) is 0 Å². The first-order valence-corrected chi connectivity index (χ1v) is 8.70. The average molecular weight is 352 g/mol. The molecule has 3 aromatic rings. The molecule has 2 aromatic heterocycles. The van der Waals surface area contributed by atoms with Crippen LogP contribution in [-0.2, 0) is 7.05 Å². The number of carbonyl (C=O) groups excluding carboxylic acids is 1. The van der Waals surface area contributed by atoms with Gasteiger partial charge >= 0.3 is 0 Å². The highest BCUT2D eigenvalue weighted by Gasteiger charge is 2.19. The number of hydrogen-bond donors (Lipinski definition) is 1. The molecule has 1 N–H and O–H groups in total. The number of ether oxygens (including phenoxy) is 1. The summed E-state index contributed by atoms with van der Waals surface area (Å²) in [5, 5.41) is 7.71. The quantitative estimate of drug-likeness (QED) is 0.739. The maximum atomic E-state index is 12.8. The lowest BCUT2D eigenvalue weighted by molar-refractivity contribution is 0.0931. The number of benzene rings is 1. The van der Waals surface area contributed by atoms with Crippen molar-refractivity contribution in [3.05, 3.63) is 54.4 Å². The van der Waals surface area contributed by atoms with Gasteiger partial charge in [-0.2, -0.15) is 5.10 Å². The monoisotopic (exact) mass is 352 g/mol. The summed E-state index contributed by atoms with van der Waals surface area (Å²) in [6, 6.07) is 13.4. The molecule has 0 fully saturated rings. The Morgan fingerprint density at radius 1 is 1.27 bits per heavy atom. The molecule has 1 atom stereocenters. The average Bonchev–Trinajstić information content (AvgIpc) is 3.27. The topological polar surface area (TPSA) is 61.1 Å².